The molecule has 0 aromatic heterocycles. The Hall–Kier alpha value is -0.120. The number of hydrogen-bond acceptors (Lipinski definition) is 3. The summed E-state index contributed by atoms with van der Waals surface area (Å²) in [7, 11) is 4.04. The Morgan fingerprint density at radius 2 is 2.05 bits per heavy atom. The number of ether oxygens (including phenoxy) is 1. The number of methoxy groups -OCH3 is 1. The lowest BCUT2D eigenvalue weighted by molar-refractivity contribution is -0.0127. The van der Waals surface area contributed by atoms with Gasteiger partial charge in [0.25, 0.3) is 0 Å². The second-order valence-electron chi connectivity index (χ2n) is 7.21. The molecule has 112 valence electrons. The number of likely N-dealkylation sites (N-methyl/N-ethyl adjacent to an activating group) is 1. The van der Waals surface area contributed by atoms with Gasteiger partial charge in [0.15, 0.2) is 0 Å². The molecule has 0 spiro atoms. The van der Waals surface area contributed by atoms with Crippen molar-refractivity contribution in [2.45, 2.75) is 45.1 Å². The summed E-state index contributed by atoms with van der Waals surface area (Å²) < 4.78 is 5.49. The summed E-state index contributed by atoms with van der Waals surface area (Å²) >= 11 is 0. The van der Waals surface area contributed by atoms with E-state index in [9.17, 15) is 0 Å². The van der Waals surface area contributed by atoms with Crippen molar-refractivity contribution < 1.29 is 4.74 Å². The molecule has 0 saturated heterocycles. The van der Waals surface area contributed by atoms with Crippen LogP contribution in [-0.4, -0.2) is 44.3 Å². The molecular formula is C16H32N2O. The van der Waals surface area contributed by atoms with Gasteiger partial charge in [0, 0.05) is 20.2 Å². The molecule has 2 saturated carbocycles. The quantitative estimate of drug-likeness (QED) is 0.770. The normalized spacial score (nSPS) is 33.3. The minimum absolute atomic E-state index is 0.00339. The average molecular weight is 268 g/mol. The molecular weight excluding hydrogens is 236 g/mol. The maximum Gasteiger partial charge on any atom is 0.0661 e. The lowest BCUT2D eigenvalue weighted by atomic mass is 9.82. The number of nitrogens with two attached hydrogens (primary N) is 1. The number of rotatable bonds is 7. The summed E-state index contributed by atoms with van der Waals surface area (Å²) in [6.45, 7) is 7.14. The molecule has 19 heavy (non-hydrogen) atoms. The molecule has 3 nitrogen and oxygen atoms in total. The van der Waals surface area contributed by atoms with Gasteiger partial charge in [-0.3, -0.25) is 4.90 Å². The second-order valence-corrected chi connectivity index (χ2v) is 7.21. The maximum atomic E-state index is 6.12. The number of hydrogen-bond donors (Lipinski definition) is 1. The van der Waals surface area contributed by atoms with E-state index in [2.05, 4.69) is 25.8 Å². The van der Waals surface area contributed by atoms with Crippen LogP contribution in [0.3, 0.4) is 0 Å². The standard InChI is InChI=1S/C16H32N2O/c1-12(2)16(10-17,11-19-4)18(3)9-15-8-13-5-6-14(15)7-13/h12-15H,5-11,17H2,1-4H3. The summed E-state index contributed by atoms with van der Waals surface area (Å²) in [5.74, 6) is 3.42. The molecule has 2 fully saturated rings. The van der Waals surface area contributed by atoms with Gasteiger partial charge in [-0.15, -0.1) is 0 Å². The lowest BCUT2D eigenvalue weighted by Crippen LogP contribution is -2.60. The highest BCUT2D eigenvalue weighted by Gasteiger charge is 2.43. The fourth-order valence-corrected chi connectivity index (χ4v) is 4.55. The highest BCUT2D eigenvalue weighted by atomic mass is 16.5. The van der Waals surface area contributed by atoms with Crippen LogP contribution < -0.4 is 5.73 Å². The molecule has 2 aliphatic carbocycles. The zero-order valence-corrected chi connectivity index (χ0v) is 13.2. The Bertz CT molecular complexity index is 294. The molecule has 3 heteroatoms. The first kappa shape index (κ1) is 15.3. The fraction of sp³-hybridized carbons (Fsp3) is 1.00. The Morgan fingerprint density at radius 3 is 2.47 bits per heavy atom. The van der Waals surface area contributed by atoms with E-state index in [4.69, 9.17) is 10.5 Å². The summed E-state index contributed by atoms with van der Waals surface area (Å²) in [4.78, 5) is 2.51. The van der Waals surface area contributed by atoms with Gasteiger partial charge in [0.1, 0.15) is 0 Å². The molecule has 2 N–H and O–H groups in total. The Balaban J connectivity index is 2.01. The smallest absolute Gasteiger partial charge is 0.0661 e. The third-order valence-corrected chi connectivity index (χ3v) is 5.98. The molecule has 4 atom stereocenters. The van der Waals surface area contributed by atoms with Crippen LogP contribution in [0.25, 0.3) is 0 Å². The van der Waals surface area contributed by atoms with Crippen molar-refractivity contribution in [2.24, 2.45) is 29.4 Å². The van der Waals surface area contributed by atoms with Gasteiger partial charge in [0.2, 0.25) is 0 Å². The first-order valence-corrected chi connectivity index (χ1v) is 7.93. The van der Waals surface area contributed by atoms with E-state index in [1.807, 2.05) is 0 Å². The van der Waals surface area contributed by atoms with Gasteiger partial charge < -0.3 is 10.5 Å². The van der Waals surface area contributed by atoms with E-state index in [1.54, 1.807) is 7.11 Å². The third-order valence-electron chi connectivity index (χ3n) is 5.98. The van der Waals surface area contributed by atoms with Crippen molar-refractivity contribution in [3.63, 3.8) is 0 Å². The topological polar surface area (TPSA) is 38.5 Å². The van der Waals surface area contributed by atoms with Crippen molar-refractivity contribution >= 4 is 0 Å². The van der Waals surface area contributed by atoms with E-state index < -0.39 is 0 Å². The van der Waals surface area contributed by atoms with Gasteiger partial charge in [-0.1, -0.05) is 20.3 Å². The predicted molar refractivity (Wildman–Crippen MR) is 80.1 cm³/mol. The van der Waals surface area contributed by atoms with Crippen LogP contribution in [0.2, 0.25) is 0 Å². The Kier molecular flexibility index (Phi) is 4.91. The number of fused-ring (bicyclic) bond motifs is 2. The number of nitrogens with zero attached hydrogens (tertiary/aromatic N) is 1. The molecule has 0 aromatic carbocycles. The molecule has 0 aliphatic heterocycles. The van der Waals surface area contributed by atoms with Crippen LogP contribution in [0.5, 0.6) is 0 Å². The van der Waals surface area contributed by atoms with Crippen molar-refractivity contribution in [3.05, 3.63) is 0 Å². The molecule has 0 radical (unpaired) electrons. The van der Waals surface area contributed by atoms with Crippen molar-refractivity contribution in [3.8, 4) is 0 Å². The minimum atomic E-state index is -0.00339. The monoisotopic (exact) mass is 268 g/mol. The predicted octanol–water partition coefficient (Wildman–Crippen LogP) is 2.35. The minimum Gasteiger partial charge on any atom is -0.383 e. The molecule has 0 heterocycles. The van der Waals surface area contributed by atoms with Gasteiger partial charge in [-0.2, -0.15) is 0 Å². The van der Waals surface area contributed by atoms with E-state index in [0.29, 0.717) is 12.5 Å². The molecule has 2 bridgehead atoms. The van der Waals surface area contributed by atoms with Crippen molar-refractivity contribution in [1.82, 2.24) is 4.90 Å². The van der Waals surface area contributed by atoms with Gasteiger partial charge in [0.05, 0.1) is 12.1 Å². The Morgan fingerprint density at radius 1 is 1.32 bits per heavy atom. The molecule has 0 aromatic rings. The van der Waals surface area contributed by atoms with Gasteiger partial charge in [-0.25, -0.2) is 0 Å². The maximum absolute atomic E-state index is 6.12. The lowest BCUT2D eigenvalue weighted by Gasteiger charge is -2.45. The van der Waals surface area contributed by atoms with E-state index in [-0.39, 0.29) is 5.54 Å². The van der Waals surface area contributed by atoms with Gasteiger partial charge >= 0.3 is 0 Å². The van der Waals surface area contributed by atoms with Crippen LogP contribution in [-0.2, 0) is 4.74 Å². The second kappa shape index (κ2) is 6.11. The Labute approximate surface area is 118 Å². The van der Waals surface area contributed by atoms with Crippen LogP contribution in [0, 0.1) is 23.7 Å². The van der Waals surface area contributed by atoms with E-state index in [1.165, 1.54) is 32.2 Å². The van der Waals surface area contributed by atoms with E-state index in [0.717, 1.165) is 24.4 Å². The highest BCUT2D eigenvalue weighted by Crippen LogP contribution is 2.48. The summed E-state index contributed by atoms with van der Waals surface area (Å²) in [5.41, 5.74) is 6.12. The molecule has 2 aliphatic rings. The van der Waals surface area contributed by atoms with Crippen molar-refractivity contribution in [2.75, 3.05) is 33.9 Å². The van der Waals surface area contributed by atoms with E-state index >= 15 is 0 Å². The zero-order valence-electron chi connectivity index (χ0n) is 13.2. The zero-order chi connectivity index (χ0) is 14.0. The van der Waals surface area contributed by atoms with Crippen LogP contribution in [0.4, 0.5) is 0 Å². The molecule has 0 amide bonds. The summed E-state index contributed by atoms with van der Waals surface area (Å²) in [5, 5.41) is 0. The fourth-order valence-electron chi connectivity index (χ4n) is 4.55. The first-order chi connectivity index (χ1) is 9.03. The van der Waals surface area contributed by atoms with Crippen LogP contribution >= 0.6 is 0 Å². The van der Waals surface area contributed by atoms with Crippen LogP contribution in [0.1, 0.15) is 39.5 Å². The SMILES string of the molecule is COCC(CN)(C(C)C)N(C)CC1CC2CCC1C2. The first-order valence-electron chi connectivity index (χ1n) is 7.93. The van der Waals surface area contributed by atoms with Crippen molar-refractivity contribution in [1.29, 1.82) is 0 Å². The molecule has 4 unspecified atom stereocenters. The highest BCUT2D eigenvalue weighted by molar-refractivity contribution is 4.97. The van der Waals surface area contributed by atoms with Crippen LogP contribution in [0.15, 0.2) is 0 Å². The van der Waals surface area contributed by atoms with Gasteiger partial charge in [-0.05, 0) is 50.0 Å². The largest absolute Gasteiger partial charge is 0.383 e. The molecule has 2 rings (SSSR count). The summed E-state index contributed by atoms with van der Waals surface area (Å²) in [6.07, 6.45) is 5.88. The third kappa shape index (κ3) is 2.84. The average Bonchev–Trinajstić information content (AvgIpc) is 2.97. The summed E-state index contributed by atoms with van der Waals surface area (Å²) in [6, 6.07) is 0.